The maximum Gasteiger partial charge on any atom is 0.263 e. The summed E-state index contributed by atoms with van der Waals surface area (Å²) in [6.45, 7) is 3.52. The molecule has 2 aliphatic heterocycles. The van der Waals surface area contributed by atoms with Crippen molar-refractivity contribution >= 4 is 28.8 Å². The predicted molar refractivity (Wildman–Crippen MR) is 102 cm³/mol. The molecule has 1 aromatic carbocycles. The van der Waals surface area contributed by atoms with Crippen LogP contribution < -0.4 is 4.90 Å². The Morgan fingerprint density at radius 2 is 2.00 bits per heavy atom. The second-order valence-corrected chi connectivity index (χ2v) is 8.42. The number of ether oxygens (including phenoxy) is 1. The van der Waals surface area contributed by atoms with Crippen LogP contribution in [0.2, 0.25) is 0 Å². The third-order valence-electron chi connectivity index (χ3n) is 5.28. The van der Waals surface area contributed by atoms with Crippen molar-refractivity contribution in [3.05, 3.63) is 52.0 Å². The van der Waals surface area contributed by atoms with Gasteiger partial charge in [0.05, 0.1) is 17.0 Å². The smallest absolute Gasteiger partial charge is 0.263 e. The quantitative estimate of drug-likeness (QED) is 0.794. The second kappa shape index (κ2) is 7.05. The Morgan fingerprint density at radius 3 is 2.67 bits per heavy atom. The molecule has 1 spiro atoms. The summed E-state index contributed by atoms with van der Waals surface area (Å²) in [4.78, 5) is 30.3. The number of carbonyl (C=O) groups is 2. The first-order valence-electron chi connectivity index (χ1n) is 9.01. The molecule has 0 bridgehead atoms. The number of morpholine rings is 1. The Bertz CT molecular complexity index is 874. The van der Waals surface area contributed by atoms with E-state index in [4.69, 9.17) is 4.74 Å². The van der Waals surface area contributed by atoms with Crippen molar-refractivity contribution in [3.8, 4) is 0 Å². The number of benzene rings is 1. The van der Waals surface area contributed by atoms with Gasteiger partial charge in [0.1, 0.15) is 12.4 Å². The van der Waals surface area contributed by atoms with Crippen molar-refractivity contribution in [1.29, 1.82) is 0 Å². The number of halogens is 1. The van der Waals surface area contributed by atoms with Gasteiger partial charge in [-0.05, 0) is 50.1 Å². The molecule has 7 heteroatoms. The van der Waals surface area contributed by atoms with E-state index in [2.05, 4.69) is 0 Å². The zero-order valence-electron chi connectivity index (χ0n) is 15.1. The lowest BCUT2D eigenvalue weighted by molar-refractivity contribution is -0.143. The molecule has 142 valence electrons. The fourth-order valence-corrected chi connectivity index (χ4v) is 4.55. The van der Waals surface area contributed by atoms with E-state index in [1.54, 1.807) is 17.0 Å². The van der Waals surface area contributed by atoms with E-state index < -0.39 is 5.60 Å². The molecule has 2 saturated heterocycles. The average molecular weight is 388 g/mol. The standard InChI is InChI=1S/C20H21FN2O3S/c1-14-5-6-17(27-14)19(25)22-9-7-20(8-10-22)13-23(18(24)12-26-20)16-4-2-3-15(21)11-16/h2-6,11H,7-10,12-13H2,1H3. The van der Waals surface area contributed by atoms with Crippen LogP contribution in [0.15, 0.2) is 36.4 Å². The van der Waals surface area contributed by atoms with E-state index in [1.165, 1.54) is 23.5 Å². The second-order valence-electron chi connectivity index (χ2n) is 7.13. The average Bonchev–Trinajstić information content (AvgIpc) is 3.10. The minimum Gasteiger partial charge on any atom is -0.363 e. The Hall–Kier alpha value is -2.25. The van der Waals surface area contributed by atoms with Crippen molar-refractivity contribution in [2.24, 2.45) is 0 Å². The molecule has 0 N–H and O–H groups in total. The number of piperidine rings is 1. The van der Waals surface area contributed by atoms with Crippen LogP contribution in [0.5, 0.6) is 0 Å². The number of carbonyl (C=O) groups excluding carboxylic acids is 2. The maximum atomic E-state index is 13.6. The number of rotatable bonds is 2. The fourth-order valence-electron chi connectivity index (χ4n) is 3.72. The topological polar surface area (TPSA) is 49.9 Å². The largest absolute Gasteiger partial charge is 0.363 e. The van der Waals surface area contributed by atoms with Gasteiger partial charge in [0.25, 0.3) is 11.8 Å². The van der Waals surface area contributed by atoms with Crippen molar-refractivity contribution in [3.63, 3.8) is 0 Å². The third-order valence-corrected chi connectivity index (χ3v) is 6.27. The number of likely N-dealkylation sites (tertiary alicyclic amines) is 1. The zero-order valence-corrected chi connectivity index (χ0v) is 15.9. The van der Waals surface area contributed by atoms with Crippen molar-refractivity contribution in [1.82, 2.24) is 4.90 Å². The highest BCUT2D eigenvalue weighted by molar-refractivity contribution is 7.13. The Kier molecular flexibility index (Phi) is 4.74. The van der Waals surface area contributed by atoms with Crippen LogP contribution >= 0.6 is 11.3 Å². The minimum absolute atomic E-state index is 0.0193. The Morgan fingerprint density at radius 1 is 1.22 bits per heavy atom. The summed E-state index contributed by atoms with van der Waals surface area (Å²) in [5.41, 5.74) is 0.0674. The van der Waals surface area contributed by atoms with E-state index in [1.807, 2.05) is 24.0 Å². The SMILES string of the molecule is Cc1ccc(C(=O)N2CCC3(CC2)CN(c2cccc(F)c2)C(=O)CO3)s1. The molecular weight excluding hydrogens is 367 g/mol. The predicted octanol–water partition coefficient (Wildman–Crippen LogP) is 3.23. The van der Waals surface area contributed by atoms with E-state index in [-0.39, 0.29) is 24.2 Å². The monoisotopic (exact) mass is 388 g/mol. The van der Waals surface area contributed by atoms with Gasteiger partial charge >= 0.3 is 0 Å². The van der Waals surface area contributed by atoms with Crippen LogP contribution in [-0.4, -0.2) is 48.6 Å². The van der Waals surface area contributed by atoms with Gasteiger partial charge in [-0.1, -0.05) is 6.07 Å². The van der Waals surface area contributed by atoms with Gasteiger partial charge in [-0.25, -0.2) is 4.39 Å². The third kappa shape index (κ3) is 3.61. The first-order valence-corrected chi connectivity index (χ1v) is 9.83. The van der Waals surface area contributed by atoms with Crippen molar-refractivity contribution in [2.45, 2.75) is 25.4 Å². The molecule has 0 aliphatic carbocycles. The highest BCUT2D eigenvalue weighted by Gasteiger charge is 2.43. The highest BCUT2D eigenvalue weighted by atomic mass is 32.1. The highest BCUT2D eigenvalue weighted by Crippen LogP contribution is 2.33. The van der Waals surface area contributed by atoms with E-state index >= 15 is 0 Å². The summed E-state index contributed by atoms with van der Waals surface area (Å²) in [5.74, 6) is -0.483. The lowest BCUT2D eigenvalue weighted by Gasteiger charge is -2.46. The van der Waals surface area contributed by atoms with Gasteiger partial charge in [-0.3, -0.25) is 9.59 Å². The number of anilines is 1. The molecular formula is C20H21FN2O3S. The molecule has 0 atom stereocenters. The van der Waals surface area contributed by atoms with Crippen LogP contribution in [0.4, 0.5) is 10.1 Å². The van der Waals surface area contributed by atoms with Crippen molar-refractivity contribution in [2.75, 3.05) is 31.1 Å². The molecule has 0 unspecified atom stereocenters. The molecule has 27 heavy (non-hydrogen) atoms. The first-order chi connectivity index (χ1) is 13.0. The fraction of sp³-hybridized carbons (Fsp3) is 0.400. The van der Waals surface area contributed by atoms with Gasteiger partial charge in [-0.15, -0.1) is 11.3 Å². The number of hydrogen-bond acceptors (Lipinski definition) is 4. The number of thiophene rings is 1. The summed E-state index contributed by atoms with van der Waals surface area (Å²) in [7, 11) is 0. The number of nitrogens with zero attached hydrogens (tertiary/aromatic N) is 2. The molecule has 2 aliphatic rings. The molecule has 2 amide bonds. The summed E-state index contributed by atoms with van der Waals surface area (Å²) in [6.07, 6.45) is 1.31. The lowest BCUT2D eigenvalue weighted by Crippen LogP contribution is -2.59. The molecule has 2 aromatic rings. The molecule has 5 nitrogen and oxygen atoms in total. The molecule has 0 radical (unpaired) electrons. The van der Waals surface area contributed by atoms with Crippen molar-refractivity contribution < 1.29 is 18.7 Å². The summed E-state index contributed by atoms with van der Waals surface area (Å²) in [5, 5.41) is 0. The van der Waals surface area contributed by atoms with Crippen LogP contribution in [0.25, 0.3) is 0 Å². The van der Waals surface area contributed by atoms with Gasteiger partial charge < -0.3 is 14.5 Å². The number of hydrogen-bond donors (Lipinski definition) is 0. The zero-order chi connectivity index (χ0) is 19.0. The minimum atomic E-state index is -0.484. The number of aryl methyl sites for hydroxylation is 1. The molecule has 0 saturated carbocycles. The van der Waals surface area contributed by atoms with Crippen LogP contribution in [0, 0.1) is 12.7 Å². The van der Waals surface area contributed by atoms with Gasteiger partial charge in [0.2, 0.25) is 0 Å². The van der Waals surface area contributed by atoms with Crippen LogP contribution in [0.1, 0.15) is 27.4 Å². The molecule has 1 aromatic heterocycles. The van der Waals surface area contributed by atoms with Crippen LogP contribution in [0.3, 0.4) is 0 Å². The van der Waals surface area contributed by atoms with E-state index in [0.717, 1.165) is 9.75 Å². The summed E-state index contributed by atoms with van der Waals surface area (Å²) >= 11 is 1.51. The molecule has 4 rings (SSSR count). The lowest BCUT2D eigenvalue weighted by atomic mass is 9.89. The number of amides is 2. The molecule has 3 heterocycles. The van der Waals surface area contributed by atoms with Crippen LogP contribution in [-0.2, 0) is 9.53 Å². The normalized spacial score (nSPS) is 19.6. The Labute approximate surface area is 161 Å². The van der Waals surface area contributed by atoms with Gasteiger partial charge in [0.15, 0.2) is 0 Å². The summed E-state index contributed by atoms with van der Waals surface area (Å²) < 4.78 is 19.5. The van der Waals surface area contributed by atoms with E-state index in [9.17, 15) is 14.0 Å². The maximum absolute atomic E-state index is 13.6. The van der Waals surface area contributed by atoms with E-state index in [0.29, 0.717) is 38.2 Å². The summed E-state index contributed by atoms with van der Waals surface area (Å²) in [6, 6.07) is 9.89. The van der Waals surface area contributed by atoms with Gasteiger partial charge in [-0.2, -0.15) is 0 Å². The van der Waals surface area contributed by atoms with Gasteiger partial charge in [0, 0.05) is 23.7 Å². The Balaban J connectivity index is 1.46. The molecule has 2 fully saturated rings. The first kappa shape index (κ1) is 18.1.